The van der Waals surface area contributed by atoms with Crippen molar-refractivity contribution in [1.82, 2.24) is 9.80 Å². The van der Waals surface area contributed by atoms with E-state index in [4.69, 9.17) is 0 Å². The fourth-order valence-electron chi connectivity index (χ4n) is 3.72. The molecule has 1 N–H and O–H groups in total. The highest BCUT2D eigenvalue weighted by atomic mass is 32.1. The van der Waals surface area contributed by atoms with Crippen molar-refractivity contribution >= 4 is 28.8 Å². The Labute approximate surface area is 176 Å². The minimum atomic E-state index is -0.607. The van der Waals surface area contributed by atoms with Gasteiger partial charge in [0.2, 0.25) is 0 Å². The maximum Gasteiger partial charge on any atom is 0.295 e. The largest absolute Gasteiger partial charge is 0.507 e. The van der Waals surface area contributed by atoms with Crippen LogP contribution in [0.5, 0.6) is 0 Å². The highest BCUT2D eigenvalue weighted by Crippen LogP contribution is 2.41. The number of aliphatic hydroxyl groups is 1. The lowest BCUT2D eigenvalue weighted by Gasteiger charge is -2.25. The standard InChI is InChI=1S/C23H28N2O3S/c1-4-24(5-2)13-7-14-25-20(18-8-6-15-29-18)19(22(27)23(25)28)21(26)17-11-9-16(3)10-12-17/h6,8-12,15,20,26H,4-5,7,13-14H2,1-3H3/t20-/m1/s1. The van der Waals surface area contributed by atoms with Crippen molar-refractivity contribution in [1.29, 1.82) is 0 Å². The Bertz CT molecular complexity index is 883. The molecule has 1 aromatic carbocycles. The second-order valence-corrected chi connectivity index (χ2v) is 8.23. The predicted molar refractivity (Wildman–Crippen MR) is 117 cm³/mol. The average Bonchev–Trinajstić information content (AvgIpc) is 3.33. The molecule has 154 valence electrons. The van der Waals surface area contributed by atoms with E-state index in [0.29, 0.717) is 12.1 Å². The van der Waals surface area contributed by atoms with Gasteiger partial charge in [-0.15, -0.1) is 11.3 Å². The molecule has 6 heteroatoms. The van der Waals surface area contributed by atoms with Crippen LogP contribution in [0.25, 0.3) is 5.76 Å². The number of likely N-dealkylation sites (tertiary alicyclic amines) is 1. The van der Waals surface area contributed by atoms with Gasteiger partial charge in [-0.1, -0.05) is 49.7 Å². The van der Waals surface area contributed by atoms with Gasteiger partial charge in [-0.3, -0.25) is 9.59 Å². The minimum absolute atomic E-state index is 0.104. The molecule has 1 aliphatic heterocycles. The van der Waals surface area contributed by atoms with E-state index in [1.807, 2.05) is 36.6 Å². The predicted octanol–water partition coefficient (Wildman–Crippen LogP) is 4.21. The van der Waals surface area contributed by atoms with E-state index in [-0.39, 0.29) is 11.3 Å². The smallest absolute Gasteiger partial charge is 0.295 e. The lowest BCUT2D eigenvalue weighted by atomic mass is 9.99. The van der Waals surface area contributed by atoms with Crippen LogP contribution in [0, 0.1) is 6.92 Å². The van der Waals surface area contributed by atoms with Crippen LogP contribution in [0.2, 0.25) is 0 Å². The summed E-state index contributed by atoms with van der Waals surface area (Å²) in [5.74, 6) is -1.24. The van der Waals surface area contributed by atoms with Gasteiger partial charge in [0.15, 0.2) is 0 Å². The molecule has 5 nitrogen and oxygen atoms in total. The number of nitrogens with zero attached hydrogens (tertiary/aromatic N) is 2. The van der Waals surface area contributed by atoms with Gasteiger partial charge in [0, 0.05) is 17.0 Å². The van der Waals surface area contributed by atoms with Crippen LogP contribution < -0.4 is 0 Å². The Morgan fingerprint density at radius 3 is 2.41 bits per heavy atom. The monoisotopic (exact) mass is 412 g/mol. The fraction of sp³-hybridized carbons (Fsp3) is 0.391. The number of aliphatic hydroxyl groups excluding tert-OH is 1. The first kappa shape index (κ1) is 21.3. The van der Waals surface area contributed by atoms with Gasteiger partial charge >= 0.3 is 0 Å². The number of carbonyl (C=O) groups excluding carboxylic acids is 2. The second kappa shape index (κ2) is 9.37. The summed E-state index contributed by atoms with van der Waals surface area (Å²) in [5, 5.41) is 12.9. The van der Waals surface area contributed by atoms with E-state index in [2.05, 4.69) is 18.7 Å². The Morgan fingerprint density at radius 2 is 1.83 bits per heavy atom. The lowest BCUT2D eigenvalue weighted by molar-refractivity contribution is -0.139. The summed E-state index contributed by atoms with van der Waals surface area (Å²) in [4.78, 5) is 30.6. The molecule has 2 heterocycles. The minimum Gasteiger partial charge on any atom is -0.507 e. The molecule has 0 unspecified atom stereocenters. The zero-order valence-electron chi connectivity index (χ0n) is 17.2. The van der Waals surface area contributed by atoms with E-state index >= 15 is 0 Å². The van der Waals surface area contributed by atoms with Crippen LogP contribution in [-0.4, -0.2) is 52.8 Å². The number of hydrogen-bond acceptors (Lipinski definition) is 5. The summed E-state index contributed by atoms with van der Waals surface area (Å²) < 4.78 is 0. The van der Waals surface area contributed by atoms with E-state index in [0.717, 1.165) is 36.5 Å². The third kappa shape index (κ3) is 4.43. The van der Waals surface area contributed by atoms with E-state index < -0.39 is 17.7 Å². The molecule has 1 fully saturated rings. The molecule has 1 saturated heterocycles. The number of hydrogen-bond donors (Lipinski definition) is 1. The molecule has 1 amide bonds. The van der Waals surface area contributed by atoms with Crippen LogP contribution in [0.4, 0.5) is 0 Å². The quantitative estimate of drug-likeness (QED) is 0.401. The first-order chi connectivity index (χ1) is 14.0. The number of rotatable bonds is 8. The lowest BCUT2D eigenvalue weighted by Crippen LogP contribution is -2.33. The van der Waals surface area contributed by atoms with Crippen molar-refractivity contribution in [2.45, 2.75) is 33.2 Å². The van der Waals surface area contributed by atoms with Crippen molar-refractivity contribution in [3.05, 3.63) is 63.4 Å². The molecule has 1 atom stereocenters. The molecule has 0 bridgehead atoms. The van der Waals surface area contributed by atoms with Gasteiger partial charge in [0.25, 0.3) is 11.7 Å². The highest BCUT2D eigenvalue weighted by molar-refractivity contribution is 7.10. The molecular weight excluding hydrogens is 384 g/mol. The van der Waals surface area contributed by atoms with Crippen LogP contribution in [0.15, 0.2) is 47.4 Å². The van der Waals surface area contributed by atoms with Gasteiger partial charge in [-0.25, -0.2) is 0 Å². The molecule has 29 heavy (non-hydrogen) atoms. The number of Topliss-reactive ketones (excluding diaryl/α,β-unsaturated/α-hetero) is 1. The first-order valence-electron chi connectivity index (χ1n) is 10.1. The van der Waals surface area contributed by atoms with Gasteiger partial charge in [-0.2, -0.15) is 0 Å². The number of benzene rings is 1. The van der Waals surface area contributed by atoms with E-state index in [1.165, 1.54) is 11.3 Å². The molecule has 1 aliphatic rings. The molecule has 0 spiro atoms. The summed E-state index contributed by atoms with van der Waals surface area (Å²) in [6, 6.07) is 10.6. The Hall–Kier alpha value is -2.44. The summed E-state index contributed by atoms with van der Waals surface area (Å²) in [6.45, 7) is 9.45. The first-order valence-corrected chi connectivity index (χ1v) is 11.0. The molecule has 3 rings (SSSR count). The summed E-state index contributed by atoms with van der Waals surface area (Å²) in [5.41, 5.74) is 1.80. The van der Waals surface area contributed by atoms with Crippen molar-refractivity contribution in [2.24, 2.45) is 0 Å². The summed E-state index contributed by atoms with van der Waals surface area (Å²) in [7, 11) is 0. The summed E-state index contributed by atoms with van der Waals surface area (Å²) in [6.07, 6.45) is 0.779. The maximum atomic E-state index is 12.9. The fourth-order valence-corrected chi connectivity index (χ4v) is 4.57. The Morgan fingerprint density at radius 1 is 1.14 bits per heavy atom. The number of aryl methyl sites for hydroxylation is 1. The molecule has 0 radical (unpaired) electrons. The highest BCUT2D eigenvalue weighted by Gasteiger charge is 2.46. The summed E-state index contributed by atoms with van der Waals surface area (Å²) >= 11 is 1.49. The van der Waals surface area contributed by atoms with E-state index in [1.54, 1.807) is 17.0 Å². The van der Waals surface area contributed by atoms with Crippen molar-refractivity contribution < 1.29 is 14.7 Å². The number of ketones is 1. The van der Waals surface area contributed by atoms with E-state index in [9.17, 15) is 14.7 Å². The number of carbonyl (C=O) groups is 2. The van der Waals surface area contributed by atoms with Crippen LogP contribution in [-0.2, 0) is 9.59 Å². The molecule has 0 aliphatic carbocycles. The van der Waals surface area contributed by atoms with Crippen molar-refractivity contribution in [3.63, 3.8) is 0 Å². The zero-order chi connectivity index (χ0) is 21.0. The molecular formula is C23H28N2O3S. The molecule has 0 saturated carbocycles. The second-order valence-electron chi connectivity index (χ2n) is 7.25. The van der Waals surface area contributed by atoms with Crippen LogP contribution in [0.3, 0.4) is 0 Å². The average molecular weight is 413 g/mol. The topological polar surface area (TPSA) is 60.9 Å². The molecule has 1 aromatic heterocycles. The normalized spacial score (nSPS) is 18.8. The van der Waals surface area contributed by atoms with Gasteiger partial charge in [0.05, 0.1) is 11.6 Å². The SMILES string of the molecule is CCN(CC)CCCN1C(=O)C(=O)C(=C(O)c2ccc(C)cc2)[C@H]1c1cccs1. The Kier molecular flexibility index (Phi) is 6.87. The van der Waals surface area contributed by atoms with Crippen molar-refractivity contribution in [3.8, 4) is 0 Å². The maximum absolute atomic E-state index is 12.9. The number of thiophene rings is 1. The van der Waals surface area contributed by atoms with Gasteiger partial charge in [0.1, 0.15) is 5.76 Å². The van der Waals surface area contributed by atoms with Gasteiger partial charge < -0.3 is 14.9 Å². The van der Waals surface area contributed by atoms with Crippen LogP contribution in [0.1, 0.15) is 42.3 Å². The zero-order valence-corrected chi connectivity index (χ0v) is 18.0. The third-order valence-electron chi connectivity index (χ3n) is 5.45. The van der Waals surface area contributed by atoms with Gasteiger partial charge in [-0.05, 0) is 44.4 Å². The van der Waals surface area contributed by atoms with Crippen molar-refractivity contribution in [2.75, 3.05) is 26.2 Å². The Balaban J connectivity index is 1.95. The molecule has 2 aromatic rings. The number of amides is 1. The van der Waals surface area contributed by atoms with Crippen LogP contribution >= 0.6 is 11.3 Å². The third-order valence-corrected chi connectivity index (χ3v) is 6.37.